The number of hydrogen-bond donors (Lipinski definition) is 0. The van der Waals surface area contributed by atoms with Crippen LogP contribution >= 0.6 is 23.1 Å². The van der Waals surface area contributed by atoms with Crippen LogP contribution in [0, 0.1) is 11.7 Å². The number of carbonyl (C=O) groups is 3. The van der Waals surface area contributed by atoms with E-state index in [-0.39, 0.29) is 23.4 Å². The number of thioether (sulfide) groups is 1. The first-order valence-corrected chi connectivity index (χ1v) is 14.0. The number of hydrogen-bond acceptors (Lipinski definition) is 7. The molecule has 3 atom stereocenters. The molecule has 2 aromatic carbocycles. The first kappa shape index (κ1) is 26.4. The van der Waals surface area contributed by atoms with E-state index in [1.54, 1.807) is 6.92 Å². The Bertz CT molecular complexity index is 1470. The number of anilines is 1. The lowest BCUT2D eigenvalue weighted by Crippen LogP contribution is -2.32. The summed E-state index contributed by atoms with van der Waals surface area (Å²) in [6.07, 6.45) is 0. The number of ether oxygens (including phenoxy) is 1. The van der Waals surface area contributed by atoms with Crippen LogP contribution in [-0.2, 0) is 31.1 Å². The average molecular weight is 555 g/mol. The SMILES string of the molecule is CCOC(=O)Cn1c2c(sc1=O)[C@H](c1ccc(C(C)(C)C)cc1)C1C(=O)N(c3ccc(F)cc3)C(=O)C1S2. The second-order valence-corrected chi connectivity index (χ2v) is 12.5. The Balaban J connectivity index is 1.64. The zero-order valence-corrected chi connectivity index (χ0v) is 23.0. The lowest BCUT2D eigenvalue weighted by molar-refractivity contribution is -0.144. The van der Waals surface area contributed by atoms with Crippen LogP contribution < -0.4 is 9.77 Å². The zero-order valence-electron chi connectivity index (χ0n) is 21.4. The molecule has 2 amide bonds. The van der Waals surface area contributed by atoms with Crippen molar-refractivity contribution in [2.45, 2.75) is 55.8 Å². The molecular weight excluding hydrogens is 527 g/mol. The van der Waals surface area contributed by atoms with E-state index in [2.05, 4.69) is 20.8 Å². The molecule has 38 heavy (non-hydrogen) atoms. The van der Waals surface area contributed by atoms with Crippen molar-refractivity contribution in [1.82, 2.24) is 4.57 Å². The highest BCUT2D eigenvalue weighted by atomic mass is 32.2. The number of rotatable bonds is 5. The predicted octanol–water partition coefficient (Wildman–Crippen LogP) is 4.71. The van der Waals surface area contributed by atoms with Crippen LogP contribution in [0.2, 0.25) is 0 Å². The van der Waals surface area contributed by atoms with E-state index in [9.17, 15) is 23.6 Å². The number of amides is 2. The van der Waals surface area contributed by atoms with Crippen LogP contribution in [0.4, 0.5) is 10.1 Å². The molecule has 7 nitrogen and oxygen atoms in total. The van der Waals surface area contributed by atoms with Crippen LogP contribution in [0.25, 0.3) is 0 Å². The van der Waals surface area contributed by atoms with Crippen molar-refractivity contribution in [3.05, 3.63) is 80.0 Å². The summed E-state index contributed by atoms with van der Waals surface area (Å²) in [5.74, 6) is -3.17. The second kappa shape index (κ2) is 9.81. The van der Waals surface area contributed by atoms with Crippen molar-refractivity contribution in [2.24, 2.45) is 5.92 Å². The van der Waals surface area contributed by atoms with Gasteiger partial charge in [-0.1, -0.05) is 68.1 Å². The number of benzene rings is 2. The molecule has 0 saturated carbocycles. The highest BCUT2D eigenvalue weighted by Crippen LogP contribution is 2.54. The molecule has 0 bridgehead atoms. The number of esters is 1. The van der Waals surface area contributed by atoms with Crippen molar-refractivity contribution >= 4 is 46.6 Å². The maximum Gasteiger partial charge on any atom is 0.326 e. The van der Waals surface area contributed by atoms with Gasteiger partial charge in [-0.15, -0.1) is 0 Å². The molecule has 0 N–H and O–H groups in total. The first-order chi connectivity index (χ1) is 18.0. The first-order valence-electron chi connectivity index (χ1n) is 12.3. The summed E-state index contributed by atoms with van der Waals surface area (Å²) in [5, 5.41) is -0.309. The summed E-state index contributed by atoms with van der Waals surface area (Å²) in [6.45, 7) is 7.91. The molecule has 3 heterocycles. The van der Waals surface area contributed by atoms with Gasteiger partial charge in [-0.05, 0) is 47.7 Å². The standard InChI is InChI=1S/C28H27FN2O5S2/c1-5-36-19(32)14-30-26-23(38-27(30)35)20(15-6-8-16(9-7-15)28(2,3)4)21-22(37-26)25(34)31(24(21)33)18-12-10-17(29)11-13-18/h6-13,20-22H,5,14H2,1-4H3/t20-,21?,22?/m1/s1. The minimum Gasteiger partial charge on any atom is -0.465 e. The lowest BCUT2D eigenvalue weighted by atomic mass is 9.81. The fourth-order valence-corrected chi connectivity index (χ4v) is 7.76. The monoisotopic (exact) mass is 554 g/mol. The molecule has 10 heteroatoms. The lowest BCUT2D eigenvalue weighted by Gasteiger charge is -2.31. The van der Waals surface area contributed by atoms with Crippen molar-refractivity contribution in [1.29, 1.82) is 0 Å². The van der Waals surface area contributed by atoms with Crippen LogP contribution in [0.3, 0.4) is 0 Å². The van der Waals surface area contributed by atoms with E-state index < -0.39 is 40.7 Å². The second-order valence-electron chi connectivity index (χ2n) is 10.3. The van der Waals surface area contributed by atoms with Gasteiger partial charge < -0.3 is 4.74 Å². The number of imide groups is 1. The Morgan fingerprint density at radius 1 is 1.00 bits per heavy atom. The van der Waals surface area contributed by atoms with E-state index in [4.69, 9.17) is 4.74 Å². The molecule has 198 valence electrons. The fourth-order valence-electron chi connectivity index (χ4n) is 4.99. The van der Waals surface area contributed by atoms with Gasteiger partial charge in [-0.3, -0.25) is 23.7 Å². The van der Waals surface area contributed by atoms with E-state index in [1.807, 2.05) is 24.3 Å². The summed E-state index contributed by atoms with van der Waals surface area (Å²) in [5.41, 5.74) is 2.13. The molecule has 2 unspecified atom stereocenters. The highest BCUT2D eigenvalue weighted by Gasteiger charge is 2.56. The molecule has 2 aliphatic heterocycles. The highest BCUT2D eigenvalue weighted by molar-refractivity contribution is 8.00. The number of carbonyl (C=O) groups excluding carboxylic acids is 3. The maximum atomic E-state index is 13.9. The summed E-state index contributed by atoms with van der Waals surface area (Å²) in [6, 6.07) is 13.1. The van der Waals surface area contributed by atoms with Crippen molar-refractivity contribution in [2.75, 3.05) is 11.5 Å². The van der Waals surface area contributed by atoms with Gasteiger partial charge in [0.1, 0.15) is 17.6 Å². The molecule has 0 spiro atoms. The molecule has 0 aliphatic carbocycles. The number of thiazole rings is 1. The Kier molecular flexibility index (Phi) is 6.81. The maximum absolute atomic E-state index is 13.9. The van der Waals surface area contributed by atoms with Crippen LogP contribution in [0.1, 0.15) is 49.6 Å². The third kappa shape index (κ3) is 4.49. The number of nitrogens with zero attached hydrogens (tertiary/aromatic N) is 2. The third-order valence-corrected chi connectivity index (χ3v) is 9.47. The number of fused-ring (bicyclic) bond motifs is 2. The van der Waals surface area contributed by atoms with Gasteiger partial charge in [-0.2, -0.15) is 0 Å². The molecule has 0 radical (unpaired) electrons. The average Bonchev–Trinajstić information content (AvgIpc) is 3.30. The van der Waals surface area contributed by atoms with E-state index in [0.29, 0.717) is 15.6 Å². The quantitative estimate of drug-likeness (QED) is 0.336. The van der Waals surface area contributed by atoms with E-state index in [0.717, 1.165) is 39.1 Å². The summed E-state index contributed by atoms with van der Waals surface area (Å²) in [7, 11) is 0. The largest absolute Gasteiger partial charge is 0.465 e. The molecule has 3 aromatic rings. The van der Waals surface area contributed by atoms with Crippen LogP contribution in [-0.4, -0.2) is 34.2 Å². The van der Waals surface area contributed by atoms with Crippen LogP contribution in [0.15, 0.2) is 58.4 Å². The van der Waals surface area contributed by atoms with Gasteiger partial charge in [0, 0.05) is 10.8 Å². The van der Waals surface area contributed by atoms with E-state index >= 15 is 0 Å². The topological polar surface area (TPSA) is 85.7 Å². The fraction of sp³-hybridized carbons (Fsp3) is 0.357. The van der Waals surface area contributed by atoms with Crippen molar-refractivity contribution in [3.8, 4) is 0 Å². The molecular formula is C28H27FN2O5S2. The summed E-state index contributed by atoms with van der Waals surface area (Å²) < 4.78 is 20.0. The van der Waals surface area contributed by atoms with Gasteiger partial charge in [0.2, 0.25) is 11.8 Å². The number of aromatic nitrogens is 1. The summed E-state index contributed by atoms with van der Waals surface area (Å²) in [4.78, 5) is 54.3. The third-order valence-electron chi connectivity index (χ3n) is 6.86. The minimum absolute atomic E-state index is 0.0824. The Morgan fingerprint density at radius 2 is 1.66 bits per heavy atom. The van der Waals surface area contributed by atoms with E-state index in [1.165, 1.54) is 28.8 Å². The normalized spacial score (nSPS) is 20.9. The number of halogens is 1. The predicted molar refractivity (Wildman–Crippen MR) is 144 cm³/mol. The smallest absolute Gasteiger partial charge is 0.326 e. The Hall–Kier alpha value is -3.24. The van der Waals surface area contributed by atoms with Gasteiger partial charge in [0.25, 0.3) is 0 Å². The van der Waals surface area contributed by atoms with Gasteiger partial charge >= 0.3 is 10.8 Å². The van der Waals surface area contributed by atoms with Gasteiger partial charge in [0.15, 0.2) is 0 Å². The molecule has 5 rings (SSSR count). The van der Waals surface area contributed by atoms with Crippen molar-refractivity contribution < 1.29 is 23.5 Å². The van der Waals surface area contributed by atoms with Gasteiger partial charge in [0.05, 0.1) is 23.2 Å². The molecule has 2 aliphatic rings. The molecule has 1 fully saturated rings. The zero-order chi connectivity index (χ0) is 27.4. The van der Waals surface area contributed by atoms with Crippen molar-refractivity contribution in [3.63, 3.8) is 0 Å². The Labute approximate surface area is 227 Å². The molecule has 1 saturated heterocycles. The van der Waals surface area contributed by atoms with Gasteiger partial charge in [-0.25, -0.2) is 9.29 Å². The molecule has 1 aromatic heterocycles. The van der Waals surface area contributed by atoms with Crippen LogP contribution in [0.5, 0.6) is 0 Å². The minimum atomic E-state index is -0.810. The Morgan fingerprint density at radius 3 is 2.26 bits per heavy atom. The summed E-state index contributed by atoms with van der Waals surface area (Å²) >= 11 is 2.12.